The average Bonchev–Trinajstić information content (AvgIpc) is 2.41. The van der Waals surface area contributed by atoms with Crippen molar-refractivity contribution in [2.45, 2.75) is 45.6 Å². The molecular formula is C13H28N2O. The SMILES string of the molecule is CNC(CO)CCN1CCCC(C)(C)CC1. The van der Waals surface area contributed by atoms with Gasteiger partial charge in [-0.25, -0.2) is 0 Å². The summed E-state index contributed by atoms with van der Waals surface area (Å²) in [5, 5.41) is 12.3. The van der Waals surface area contributed by atoms with Gasteiger partial charge in [0.25, 0.3) is 0 Å². The molecule has 0 aromatic rings. The van der Waals surface area contributed by atoms with E-state index >= 15 is 0 Å². The summed E-state index contributed by atoms with van der Waals surface area (Å²) in [6.07, 6.45) is 5.01. The maximum atomic E-state index is 9.11. The molecule has 1 unspecified atom stereocenters. The molecule has 2 N–H and O–H groups in total. The summed E-state index contributed by atoms with van der Waals surface area (Å²) in [5.74, 6) is 0. The fraction of sp³-hybridized carbons (Fsp3) is 1.00. The van der Waals surface area contributed by atoms with E-state index in [9.17, 15) is 0 Å². The highest BCUT2D eigenvalue weighted by Gasteiger charge is 2.22. The highest BCUT2D eigenvalue weighted by Crippen LogP contribution is 2.29. The molecular weight excluding hydrogens is 200 g/mol. The van der Waals surface area contributed by atoms with Gasteiger partial charge in [-0.1, -0.05) is 13.8 Å². The van der Waals surface area contributed by atoms with E-state index in [-0.39, 0.29) is 12.6 Å². The second-order valence-corrected chi connectivity index (χ2v) is 5.82. The zero-order chi connectivity index (χ0) is 12.0. The van der Waals surface area contributed by atoms with Crippen molar-refractivity contribution < 1.29 is 5.11 Å². The Morgan fingerprint density at radius 3 is 2.69 bits per heavy atom. The molecule has 96 valence electrons. The number of hydrogen-bond acceptors (Lipinski definition) is 3. The predicted molar refractivity (Wildman–Crippen MR) is 68.6 cm³/mol. The molecule has 0 radical (unpaired) electrons. The summed E-state index contributed by atoms with van der Waals surface area (Å²) in [7, 11) is 1.92. The molecule has 1 saturated heterocycles. The molecule has 0 spiro atoms. The standard InChI is InChI=1S/C13H28N2O/c1-13(2)6-4-8-15(10-7-13)9-5-12(11-16)14-3/h12,14,16H,4-11H2,1-3H3. The van der Waals surface area contributed by atoms with Gasteiger partial charge in [0, 0.05) is 6.04 Å². The maximum Gasteiger partial charge on any atom is 0.0585 e. The fourth-order valence-electron chi connectivity index (χ4n) is 2.37. The van der Waals surface area contributed by atoms with Gasteiger partial charge in [-0.3, -0.25) is 0 Å². The largest absolute Gasteiger partial charge is 0.395 e. The van der Waals surface area contributed by atoms with Crippen molar-refractivity contribution in [3.05, 3.63) is 0 Å². The van der Waals surface area contributed by atoms with Gasteiger partial charge in [0.15, 0.2) is 0 Å². The minimum Gasteiger partial charge on any atom is -0.395 e. The van der Waals surface area contributed by atoms with Gasteiger partial charge in [-0.15, -0.1) is 0 Å². The van der Waals surface area contributed by atoms with E-state index in [1.54, 1.807) is 0 Å². The molecule has 1 heterocycles. The number of likely N-dealkylation sites (N-methyl/N-ethyl adjacent to an activating group) is 1. The quantitative estimate of drug-likeness (QED) is 0.748. The third kappa shape index (κ3) is 4.81. The molecule has 0 aliphatic carbocycles. The lowest BCUT2D eigenvalue weighted by Crippen LogP contribution is -2.35. The molecule has 1 atom stereocenters. The van der Waals surface area contributed by atoms with Crippen molar-refractivity contribution in [2.24, 2.45) is 5.41 Å². The number of rotatable bonds is 5. The van der Waals surface area contributed by atoms with Crippen LogP contribution in [0.25, 0.3) is 0 Å². The van der Waals surface area contributed by atoms with Crippen LogP contribution in [-0.4, -0.2) is 49.3 Å². The first-order valence-corrected chi connectivity index (χ1v) is 6.58. The third-order valence-electron chi connectivity index (χ3n) is 3.86. The normalized spacial score (nSPS) is 24.0. The van der Waals surface area contributed by atoms with Gasteiger partial charge in [-0.2, -0.15) is 0 Å². The molecule has 1 fully saturated rings. The van der Waals surface area contributed by atoms with Crippen LogP contribution in [0.5, 0.6) is 0 Å². The summed E-state index contributed by atoms with van der Waals surface area (Å²) in [5.41, 5.74) is 0.522. The van der Waals surface area contributed by atoms with Crippen molar-refractivity contribution in [1.29, 1.82) is 0 Å². The number of aliphatic hydroxyl groups is 1. The Hall–Kier alpha value is -0.120. The molecule has 1 rings (SSSR count). The molecule has 1 aliphatic heterocycles. The third-order valence-corrected chi connectivity index (χ3v) is 3.86. The molecule has 3 nitrogen and oxygen atoms in total. The number of likely N-dealkylation sites (tertiary alicyclic amines) is 1. The van der Waals surface area contributed by atoms with Crippen molar-refractivity contribution in [2.75, 3.05) is 33.3 Å². The fourth-order valence-corrected chi connectivity index (χ4v) is 2.37. The number of hydrogen-bond donors (Lipinski definition) is 2. The Morgan fingerprint density at radius 1 is 1.31 bits per heavy atom. The Bertz CT molecular complexity index is 190. The minimum absolute atomic E-state index is 0.246. The Morgan fingerprint density at radius 2 is 2.06 bits per heavy atom. The van der Waals surface area contributed by atoms with Crippen LogP contribution in [0.3, 0.4) is 0 Å². The van der Waals surface area contributed by atoms with Crippen LogP contribution >= 0.6 is 0 Å². The van der Waals surface area contributed by atoms with E-state index in [0.29, 0.717) is 5.41 Å². The molecule has 0 aromatic heterocycles. The molecule has 1 aliphatic rings. The summed E-state index contributed by atoms with van der Waals surface area (Å²) in [6.45, 7) is 8.55. The lowest BCUT2D eigenvalue weighted by Gasteiger charge is -2.24. The van der Waals surface area contributed by atoms with Crippen molar-refractivity contribution in [1.82, 2.24) is 10.2 Å². The summed E-state index contributed by atoms with van der Waals surface area (Å²) in [6, 6.07) is 0.260. The van der Waals surface area contributed by atoms with E-state index in [2.05, 4.69) is 24.1 Å². The zero-order valence-corrected chi connectivity index (χ0v) is 11.1. The van der Waals surface area contributed by atoms with Crippen LogP contribution in [0.15, 0.2) is 0 Å². The van der Waals surface area contributed by atoms with E-state index in [0.717, 1.165) is 13.0 Å². The number of nitrogens with zero attached hydrogens (tertiary/aromatic N) is 1. The Balaban J connectivity index is 2.27. The van der Waals surface area contributed by atoms with E-state index in [1.165, 1.54) is 32.4 Å². The molecule has 0 saturated carbocycles. The first kappa shape index (κ1) is 13.9. The van der Waals surface area contributed by atoms with Crippen LogP contribution in [0.1, 0.15) is 39.5 Å². The second kappa shape index (κ2) is 6.58. The smallest absolute Gasteiger partial charge is 0.0585 e. The molecule has 0 aromatic carbocycles. The van der Waals surface area contributed by atoms with E-state index < -0.39 is 0 Å². The molecule has 16 heavy (non-hydrogen) atoms. The van der Waals surface area contributed by atoms with Crippen LogP contribution in [0.4, 0.5) is 0 Å². The Labute approximate surface area is 100 Å². The maximum absolute atomic E-state index is 9.11. The first-order chi connectivity index (χ1) is 7.57. The van der Waals surface area contributed by atoms with E-state index in [1.807, 2.05) is 7.05 Å². The predicted octanol–water partition coefficient (Wildman–Crippen LogP) is 1.47. The molecule has 0 bridgehead atoms. The summed E-state index contributed by atoms with van der Waals surface area (Å²) in [4.78, 5) is 2.55. The zero-order valence-electron chi connectivity index (χ0n) is 11.1. The van der Waals surface area contributed by atoms with Gasteiger partial charge < -0.3 is 15.3 Å². The average molecular weight is 228 g/mol. The highest BCUT2D eigenvalue weighted by molar-refractivity contribution is 4.77. The highest BCUT2D eigenvalue weighted by atomic mass is 16.3. The van der Waals surface area contributed by atoms with Crippen LogP contribution in [-0.2, 0) is 0 Å². The topological polar surface area (TPSA) is 35.5 Å². The first-order valence-electron chi connectivity index (χ1n) is 6.58. The lowest BCUT2D eigenvalue weighted by molar-refractivity contribution is 0.209. The van der Waals surface area contributed by atoms with Crippen LogP contribution in [0, 0.1) is 5.41 Å². The summed E-state index contributed by atoms with van der Waals surface area (Å²) < 4.78 is 0. The second-order valence-electron chi connectivity index (χ2n) is 5.82. The van der Waals surface area contributed by atoms with Gasteiger partial charge in [0.05, 0.1) is 6.61 Å². The molecule has 0 amide bonds. The van der Waals surface area contributed by atoms with Gasteiger partial charge in [0.1, 0.15) is 0 Å². The van der Waals surface area contributed by atoms with E-state index in [4.69, 9.17) is 5.11 Å². The van der Waals surface area contributed by atoms with Gasteiger partial charge in [0.2, 0.25) is 0 Å². The monoisotopic (exact) mass is 228 g/mol. The van der Waals surface area contributed by atoms with Gasteiger partial charge in [-0.05, 0) is 57.8 Å². The van der Waals surface area contributed by atoms with Crippen LogP contribution < -0.4 is 5.32 Å². The minimum atomic E-state index is 0.246. The van der Waals surface area contributed by atoms with Crippen molar-refractivity contribution in [3.8, 4) is 0 Å². The number of aliphatic hydroxyl groups excluding tert-OH is 1. The van der Waals surface area contributed by atoms with Crippen molar-refractivity contribution in [3.63, 3.8) is 0 Å². The van der Waals surface area contributed by atoms with Crippen molar-refractivity contribution >= 4 is 0 Å². The van der Waals surface area contributed by atoms with Crippen LogP contribution in [0.2, 0.25) is 0 Å². The summed E-state index contributed by atoms with van der Waals surface area (Å²) >= 11 is 0. The van der Waals surface area contributed by atoms with Gasteiger partial charge >= 0.3 is 0 Å². The Kier molecular flexibility index (Phi) is 5.73. The molecule has 3 heteroatoms. The number of nitrogens with one attached hydrogen (secondary N) is 1. The lowest BCUT2D eigenvalue weighted by atomic mass is 9.85.